The molecular weight excluding hydrogens is 297 g/mol. The highest BCUT2D eigenvalue weighted by Gasteiger charge is 2.09. The average Bonchev–Trinajstić information content (AvgIpc) is 1.99. The Labute approximate surface area is 114 Å². The number of quaternary nitrogens is 1. The molecule has 0 N–H and O–H groups in total. The fourth-order valence-electron chi connectivity index (χ4n) is 1.41. The van der Waals surface area contributed by atoms with Crippen molar-refractivity contribution in [3.05, 3.63) is 11.6 Å². The molecule has 0 aromatic heterocycles. The van der Waals surface area contributed by atoms with Gasteiger partial charge in [-0.15, -0.1) is 0 Å². The predicted octanol–water partition coefficient (Wildman–Crippen LogP) is 0.469. The first kappa shape index (κ1) is 17.8. The van der Waals surface area contributed by atoms with Crippen LogP contribution in [0, 0.1) is 5.92 Å². The molecule has 0 aromatic carbocycles. The Bertz CT molecular complexity index is 175. The van der Waals surface area contributed by atoms with Gasteiger partial charge in [0.2, 0.25) is 0 Å². The van der Waals surface area contributed by atoms with Crippen LogP contribution in [0.3, 0.4) is 0 Å². The third-order valence-corrected chi connectivity index (χ3v) is 2.50. The lowest BCUT2D eigenvalue weighted by Gasteiger charge is -2.25. The molecule has 0 bridgehead atoms. The van der Waals surface area contributed by atoms with Gasteiger partial charge >= 0.3 is 0 Å². The minimum atomic E-state index is 0. The van der Waals surface area contributed by atoms with Crippen molar-refractivity contribution in [2.75, 3.05) is 27.7 Å². The first-order valence-electron chi connectivity index (χ1n) is 5.75. The molecule has 0 aliphatic rings. The molecule has 1 atom stereocenters. The van der Waals surface area contributed by atoms with Gasteiger partial charge in [-0.1, -0.05) is 18.6 Å². The van der Waals surface area contributed by atoms with E-state index in [1.165, 1.54) is 31.4 Å². The minimum Gasteiger partial charge on any atom is -1.00 e. The third kappa shape index (κ3) is 14.4. The Morgan fingerprint density at radius 1 is 1.13 bits per heavy atom. The maximum atomic E-state index is 2.37. The molecular formula is C13H28IN. The van der Waals surface area contributed by atoms with Crippen LogP contribution in [0.15, 0.2) is 11.6 Å². The fraction of sp³-hybridized carbons (Fsp3) is 0.846. The van der Waals surface area contributed by atoms with E-state index in [0.717, 1.165) is 10.4 Å². The largest absolute Gasteiger partial charge is 1.00 e. The van der Waals surface area contributed by atoms with Crippen molar-refractivity contribution in [2.24, 2.45) is 5.92 Å². The second-order valence-corrected chi connectivity index (χ2v) is 5.77. The van der Waals surface area contributed by atoms with Gasteiger partial charge in [0.25, 0.3) is 0 Å². The summed E-state index contributed by atoms with van der Waals surface area (Å²) in [6.07, 6.45) is 6.29. The van der Waals surface area contributed by atoms with Crippen LogP contribution in [0.5, 0.6) is 0 Å². The normalized spacial score (nSPS) is 12.9. The molecule has 0 radical (unpaired) electrons. The van der Waals surface area contributed by atoms with Crippen LogP contribution in [0.25, 0.3) is 0 Å². The Morgan fingerprint density at radius 2 is 1.67 bits per heavy atom. The van der Waals surface area contributed by atoms with Crippen LogP contribution in [0.1, 0.15) is 40.0 Å². The zero-order valence-corrected chi connectivity index (χ0v) is 13.5. The summed E-state index contributed by atoms with van der Waals surface area (Å²) in [4.78, 5) is 0. The first-order valence-corrected chi connectivity index (χ1v) is 5.75. The molecule has 15 heavy (non-hydrogen) atoms. The van der Waals surface area contributed by atoms with E-state index < -0.39 is 0 Å². The number of hydrogen-bond acceptors (Lipinski definition) is 0. The summed E-state index contributed by atoms with van der Waals surface area (Å²) < 4.78 is 1.09. The summed E-state index contributed by atoms with van der Waals surface area (Å²) in [5.74, 6) is 0.864. The molecule has 0 saturated heterocycles. The Balaban J connectivity index is 0. The van der Waals surface area contributed by atoms with Crippen LogP contribution in [0.4, 0.5) is 0 Å². The molecule has 0 saturated carbocycles. The standard InChI is InChI=1S/C13H28N.HI/c1-12(2)8-7-9-13(3)10-11-14(4,5)6;/h8,13H,7,9-11H2,1-6H3;1H/q+1;/p-1/t13-;/m0./s1. The molecule has 0 aliphatic heterocycles. The third-order valence-electron chi connectivity index (χ3n) is 2.50. The molecule has 0 aliphatic carbocycles. The van der Waals surface area contributed by atoms with Gasteiger partial charge in [0.1, 0.15) is 0 Å². The molecule has 0 rings (SSSR count). The quantitative estimate of drug-likeness (QED) is 0.378. The summed E-state index contributed by atoms with van der Waals surface area (Å²) in [6, 6.07) is 0. The molecule has 0 amide bonds. The summed E-state index contributed by atoms with van der Waals surface area (Å²) in [5.41, 5.74) is 1.45. The molecule has 0 aromatic rings. The van der Waals surface area contributed by atoms with Crippen molar-refractivity contribution in [3.8, 4) is 0 Å². The molecule has 0 fully saturated rings. The van der Waals surface area contributed by atoms with Crippen LogP contribution in [-0.4, -0.2) is 32.2 Å². The molecule has 0 spiro atoms. The highest BCUT2D eigenvalue weighted by Crippen LogP contribution is 2.13. The Kier molecular flexibility index (Phi) is 10.2. The fourth-order valence-corrected chi connectivity index (χ4v) is 1.41. The predicted molar refractivity (Wildman–Crippen MR) is 65.3 cm³/mol. The van der Waals surface area contributed by atoms with Crippen molar-refractivity contribution in [1.29, 1.82) is 0 Å². The van der Waals surface area contributed by atoms with Gasteiger partial charge in [-0.3, -0.25) is 0 Å². The van der Waals surface area contributed by atoms with Crippen molar-refractivity contribution in [2.45, 2.75) is 40.0 Å². The number of halogens is 1. The topological polar surface area (TPSA) is 0 Å². The van der Waals surface area contributed by atoms with Crippen molar-refractivity contribution in [1.82, 2.24) is 0 Å². The van der Waals surface area contributed by atoms with Gasteiger partial charge in [0.15, 0.2) is 0 Å². The van der Waals surface area contributed by atoms with E-state index in [4.69, 9.17) is 0 Å². The van der Waals surface area contributed by atoms with Crippen molar-refractivity contribution >= 4 is 0 Å². The minimum absolute atomic E-state index is 0. The van der Waals surface area contributed by atoms with E-state index in [9.17, 15) is 0 Å². The summed E-state index contributed by atoms with van der Waals surface area (Å²) in [7, 11) is 6.80. The van der Waals surface area contributed by atoms with Gasteiger partial charge in [-0.2, -0.15) is 0 Å². The zero-order valence-electron chi connectivity index (χ0n) is 11.3. The second-order valence-electron chi connectivity index (χ2n) is 5.77. The Morgan fingerprint density at radius 3 is 2.07 bits per heavy atom. The van der Waals surface area contributed by atoms with E-state index in [1.54, 1.807) is 0 Å². The lowest BCUT2D eigenvalue weighted by atomic mass is 10.0. The lowest BCUT2D eigenvalue weighted by Crippen LogP contribution is -3.00. The number of hydrogen-bond donors (Lipinski definition) is 0. The molecule has 0 heterocycles. The van der Waals surface area contributed by atoms with E-state index in [0.29, 0.717) is 0 Å². The van der Waals surface area contributed by atoms with Crippen LogP contribution < -0.4 is 24.0 Å². The molecule has 1 nitrogen and oxygen atoms in total. The van der Waals surface area contributed by atoms with Gasteiger partial charge in [-0.25, -0.2) is 0 Å². The van der Waals surface area contributed by atoms with E-state index in [-0.39, 0.29) is 24.0 Å². The summed E-state index contributed by atoms with van der Waals surface area (Å²) >= 11 is 0. The lowest BCUT2D eigenvalue weighted by molar-refractivity contribution is -0.870. The first-order chi connectivity index (χ1) is 6.31. The SMILES string of the molecule is CC(C)=CCC[C@H](C)CC[N+](C)(C)C.[I-]. The number of allylic oxidation sites excluding steroid dienone is 2. The van der Waals surface area contributed by atoms with Gasteiger partial charge in [0, 0.05) is 0 Å². The van der Waals surface area contributed by atoms with Gasteiger partial charge in [0.05, 0.1) is 27.7 Å². The highest BCUT2D eigenvalue weighted by molar-refractivity contribution is 4.92. The average molecular weight is 325 g/mol. The molecule has 0 unspecified atom stereocenters. The van der Waals surface area contributed by atoms with Gasteiger partial charge < -0.3 is 28.5 Å². The number of rotatable bonds is 6. The second kappa shape index (κ2) is 8.57. The van der Waals surface area contributed by atoms with Crippen LogP contribution >= 0.6 is 0 Å². The molecule has 92 valence electrons. The van der Waals surface area contributed by atoms with Crippen molar-refractivity contribution < 1.29 is 28.5 Å². The Hall–Kier alpha value is 0.430. The van der Waals surface area contributed by atoms with Crippen molar-refractivity contribution in [3.63, 3.8) is 0 Å². The van der Waals surface area contributed by atoms with E-state index in [2.05, 4.69) is 48.0 Å². The van der Waals surface area contributed by atoms with E-state index >= 15 is 0 Å². The smallest absolute Gasteiger partial charge is 0.0783 e. The van der Waals surface area contributed by atoms with Gasteiger partial charge in [-0.05, 0) is 39.0 Å². The summed E-state index contributed by atoms with van der Waals surface area (Å²) in [6.45, 7) is 8.01. The van der Waals surface area contributed by atoms with Crippen LogP contribution in [-0.2, 0) is 0 Å². The highest BCUT2D eigenvalue weighted by atomic mass is 127. The summed E-state index contributed by atoms with van der Waals surface area (Å²) in [5, 5.41) is 0. The van der Waals surface area contributed by atoms with E-state index in [1.807, 2.05) is 0 Å². The number of nitrogens with zero attached hydrogens (tertiary/aromatic N) is 1. The zero-order chi connectivity index (χ0) is 11.2. The maximum Gasteiger partial charge on any atom is 0.0783 e. The monoisotopic (exact) mass is 325 g/mol. The van der Waals surface area contributed by atoms with Crippen LogP contribution in [0.2, 0.25) is 0 Å². The molecule has 2 heteroatoms. The maximum absolute atomic E-state index is 2.37.